The third-order valence-corrected chi connectivity index (χ3v) is 5.52. The number of rotatable bonds is 4. The molecule has 0 N–H and O–H groups in total. The normalized spacial score (nSPS) is 14.0. The van der Waals surface area contributed by atoms with Gasteiger partial charge in [-0.05, 0) is 29.8 Å². The molecule has 0 bridgehead atoms. The van der Waals surface area contributed by atoms with Crippen molar-refractivity contribution in [1.82, 2.24) is 0 Å². The van der Waals surface area contributed by atoms with Gasteiger partial charge in [-0.15, -0.1) is 11.8 Å². The largest absolute Gasteiger partial charge is 0.486 e. The lowest BCUT2D eigenvalue weighted by Gasteiger charge is -2.12. The van der Waals surface area contributed by atoms with Crippen LogP contribution in [0.2, 0.25) is 20.1 Å². The molecule has 1 aliphatic heterocycles. The summed E-state index contributed by atoms with van der Waals surface area (Å²) in [6.45, 7) is 1.12. The van der Waals surface area contributed by atoms with Crippen molar-refractivity contribution in [2.45, 2.75) is 6.61 Å². The number of nitrogens with zero attached hydrogens (tertiary/aromatic N) is 1. The standard InChI is InChI=1S/C16H11Cl4NOS/c17-11-2-1-9(5-12(11)18)8-22-15-13(19)6-10(7-14(15)20)16-21-3-4-23-16/h1-2,5-7H,3-4,8H2. The fourth-order valence-corrected chi connectivity index (χ4v) is 3.88. The van der Waals surface area contributed by atoms with Gasteiger partial charge < -0.3 is 4.74 Å². The van der Waals surface area contributed by atoms with Crippen molar-refractivity contribution < 1.29 is 4.74 Å². The van der Waals surface area contributed by atoms with E-state index >= 15 is 0 Å². The Morgan fingerprint density at radius 2 is 1.70 bits per heavy atom. The van der Waals surface area contributed by atoms with Crippen LogP contribution in [-0.4, -0.2) is 17.3 Å². The minimum absolute atomic E-state index is 0.297. The lowest BCUT2D eigenvalue weighted by Crippen LogP contribution is -1.99. The Kier molecular flexibility index (Phi) is 5.65. The number of aliphatic imine (C=N–C) groups is 1. The molecule has 3 rings (SSSR count). The summed E-state index contributed by atoms with van der Waals surface area (Å²) in [5, 5.41) is 2.87. The first kappa shape index (κ1) is 17.2. The molecule has 0 atom stereocenters. The smallest absolute Gasteiger partial charge is 0.157 e. The summed E-state index contributed by atoms with van der Waals surface area (Å²) in [6.07, 6.45) is 0. The zero-order valence-electron chi connectivity index (χ0n) is 11.8. The molecule has 0 aliphatic carbocycles. The second-order valence-corrected chi connectivity index (χ2v) is 7.55. The maximum absolute atomic E-state index is 6.31. The van der Waals surface area contributed by atoms with Crippen molar-refractivity contribution in [3.63, 3.8) is 0 Å². The van der Waals surface area contributed by atoms with Crippen LogP contribution >= 0.6 is 58.2 Å². The zero-order chi connectivity index (χ0) is 16.4. The molecule has 0 fully saturated rings. The van der Waals surface area contributed by atoms with Gasteiger partial charge in [0.05, 0.1) is 25.1 Å². The van der Waals surface area contributed by atoms with E-state index in [0.717, 1.165) is 28.5 Å². The van der Waals surface area contributed by atoms with E-state index in [1.165, 1.54) is 0 Å². The van der Waals surface area contributed by atoms with Gasteiger partial charge >= 0.3 is 0 Å². The van der Waals surface area contributed by atoms with E-state index in [2.05, 4.69) is 4.99 Å². The zero-order valence-corrected chi connectivity index (χ0v) is 15.6. The number of thioether (sulfide) groups is 1. The average Bonchev–Trinajstić information content (AvgIpc) is 3.04. The third kappa shape index (κ3) is 4.09. The van der Waals surface area contributed by atoms with Gasteiger partial charge in [-0.25, -0.2) is 0 Å². The van der Waals surface area contributed by atoms with E-state index < -0.39 is 0 Å². The Morgan fingerprint density at radius 3 is 2.30 bits per heavy atom. The van der Waals surface area contributed by atoms with Crippen molar-refractivity contribution in [2.75, 3.05) is 12.3 Å². The first-order valence-corrected chi connectivity index (χ1v) is 9.28. The van der Waals surface area contributed by atoms with Crippen LogP contribution in [0.3, 0.4) is 0 Å². The van der Waals surface area contributed by atoms with E-state index in [9.17, 15) is 0 Å². The maximum Gasteiger partial charge on any atom is 0.157 e. The predicted octanol–water partition coefficient (Wildman–Crippen LogP) is 6.37. The number of hydrogen-bond donors (Lipinski definition) is 0. The summed E-state index contributed by atoms with van der Waals surface area (Å²) in [7, 11) is 0. The van der Waals surface area contributed by atoms with E-state index in [1.807, 2.05) is 18.2 Å². The Bertz CT molecular complexity index is 756. The molecule has 2 nitrogen and oxygen atoms in total. The summed E-state index contributed by atoms with van der Waals surface area (Å²) in [6, 6.07) is 8.98. The minimum Gasteiger partial charge on any atom is -0.486 e. The molecule has 0 amide bonds. The highest BCUT2D eigenvalue weighted by Gasteiger charge is 2.16. The van der Waals surface area contributed by atoms with Crippen LogP contribution in [0.5, 0.6) is 5.75 Å². The average molecular weight is 407 g/mol. The molecule has 120 valence electrons. The number of ether oxygens (including phenoxy) is 1. The molecule has 7 heteroatoms. The van der Waals surface area contributed by atoms with E-state index in [0.29, 0.717) is 32.4 Å². The van der Waals surface area contributed by atoms with E-state index in [-0.39, 0.29) is 0 Å². The quantitative estimate of drug-likeness (QED) is 0.587. The molecule has 2 aromatic rings. The van der Waals surface area contributed by atoms with Crippen LogP contribution in [0.25, 0.3) is 0 Å². The molecule has 0 aromatic heterocycles. The van der Waals surface area contributed by atoms with Gasteiger partial charge in [0.2, 0.25) is 0 Å². The predicted molar refractivity (Wildman–Crippen MR) is 101 cm³/mol. The molecule has 0 radical (unpaired) electrons. The SMILES string of the molecule is Clc1ccc(COc2c(Cl)cc(C3=NCCS3)cc2Cl)cc1Cl. The maximum atomic E-state index is 6.31. The van der Waals surface area contributed by atoms with Crippen LogP contribution < -0.4 is 4.74 Å². The second-order valence-electron chi connectivity index (χ2n) is 4.84. The molecule has 0 saturated heterocycles. The lowest BCUT2D eigenvalue weighted by atomic mass is 10.2. The number of benzene rings is 2. The van der Waals surface area contributed by atoms with Gasteiger partial charge in [0.15, 0.2) is 5.75 Å². The molecule has 1 heterocycles. The molecular formula is C16H11Cl4NOS. The van der Waals surface area contributed by atoms with Crippen LogP contribution in [0, 0.1) is 0 Å². The van der Waals surface area contributed by atoms with Crippen molar-refractivity contribution in [3.8, 4) is 5.75 Å². The van der Waals surface area contributed by atoms with Gasteiger partial charge in [-0.3, -0.25) is 4.99 Å². The van der Waals surface area contributed by atoms with Gasteiger partial charge in [0, 0.05) is 17.9 Å². The first-order valence-electron chi connectivity index (χ1n) is 6.78. The summed E-state index contributed by atoms with van der Waals surface area (Å²) in [4.78, 5) is 4.42. The fraction of sp³-hybridized carbons (Fsp3) is 0.188. The molecule has 2 aromatic carbocycles. The van der Waals surface area contributed by atoms with E-state index in [1.54, 1.807) is 23.9 Å². The fourth-order valence-electron chi connectivity index (χ4n) is 2.12. The highest BCUT2D eigenvalue weighted by molar-refractivity contribution is 8.14. The molecule has 1 aliphatic rings. The van der Waals surface area contributed by atoms with Crippen LogP contribution in [0.4, 0.5) is 0 Å². The number of hydrogen-bond acceptors (Lipinski definition) is 3. The third-order valence-electron chi connectivity index (χ3n) is 3.20. The van der Waals surface area contributed by atoms with Crippen molar-refractivity contribution in [1.29, 1.82) is 0 Å². The molecule has 0 saturated carbocycles. The van der Waals surface area contributed by atoms with Crippen LogP contribution in [0.15, 0.2) is 35.3 Å². The summed E-state index contributed by atoms with van der Waals surface area (Å²) in [5.74, 6) is 1.44. The van der Waals surface area contributed by atoms with Gasteiger partial charge in [-0.1, -0.05) is 52.5 Å². The summed E-state index contributed by atoms with van der Waals surface area (Å²) < 4.78 is 5.75. The molecule has 23 heavy (non-hydrogen) atoms. The van der Waals surface area contributed by atoms with Gasteiger partial charge in [0.1, 0.15) is 6.61 Å². The molecular weight excluding hydrogens is 396 g/mol. The molecule has 0 spiro atoms. The number of halogens is 4. The first-order chi connectivity index (χ1) is 11.0. The lowest BCUT2D eigenvalue weighted by molar-refractivity contribution is 0.306. The monoisotopic (exact) mass is 405 g/mol. The highest BCUT2D eigenvalue weighted by Crippen LogP contribution is 2.36. The van der Waals surface area contributed by atoms with Crippen molar-refractivity contribution in [3.05, 3.63) is 61.5 Å². The van der Waals surface area contributed by atoms with Crippen LogP contribution in [-0.2, 0) is 6.61 Å². The Hall–Kier alpha value is -0.580. The van der Waals surface area contributed by atoms with Gasteiger partial charge in [0.25, 0.3) is 0 Å². The summed E-state index contributed by atoms with van der Waals surface area (Å²) >= 11 is 26.2. The topological polar surface area (TPSA) is 21.6 Å². The Morgan fingerprint density at radius 1 is 0.957 bits per heavy atom. The Labute approximate surface area is 158 Å². The second kappa shape index (κ2) is 7.54. The minimum atomic E-state index is 0.297. The highest BCUT2D eigenvalue weighted by atomic mass is 35.5. The van der Waals surface area contributed by atoms with Crippen LogP contribution in [0.1, 0.15) is 11.1 Å². The van der Waals surface area contributed by atoms with Gasteiger partial charge in [-0.2, -0.15) is 0 Å². The van der Waals surface area contributed by atoms with Crippen molar-refractivity contribution in [2.24, 2.45) is 4.99 Å². The summed E-state index contributed by atoms with van der Waals surface area (Å²) in [5.41, 5.74) is 1.80. The Balaban J connectivity index is 1.78. The molecule has 0 unspecified atom stereocenters. The van der Waals surface area contributed by atoms with Crippen molar-refractivity contribution >= 4 is 63.2 Å². The van der Waals surface area contributed by atoms with E-state index in [4.69, 9.17) is 51.1 Å².